The number of benzene rings is 2. The quantitative estimate of drug-likeness (QED) is 0.320. The SMILES string of the molecule is N=C(N)c1nc(-c2cccc(O)c2)nc2c1[nH]c(=O)n2-c1ccccc1Cl. The summed E-state index contributed by atoms with van der Waals surface area (Å²) in [5, 5.41) is 17.9. The highest BCUT2D eigenvalue weighted by Crippen LogP contribution is 2.26. The Hall–Kier alpha value is -3.65. The van der Waals surface area contributed by atoms with E-state index in [-0.39, 0.29) is 34.3 Å². The van der Waals surface area contributed by atoms with E-state index in [4.69, 9.17) is 22.7 Å². The molecule has 2 aromatic carbocycles. The van der Waals surface area contributed by atoms with Crippen LogP contribution in [0.1, 0.15) is 5.69 Å². The summed E-state index contributed by atoms with van der Waals surface area (Å²) in [6.45, 7) is 0. The molecule has 0 bridgehead atoms. The summed E-state index contributed by atoms with van der Waals surface area (Å²) in [6.07, 6.45) is 0. The molecule has 0 aliphatic carbocycles. The Bertz CT molecular complexity index is 1260. The highest BCUT2D eigenvalue weighted by molar-refractivity contribution is 6.32. The Kier molecular flexibility index (Phi) is 3.89. The van der Waals surface area contributed by atoms with E-state index in [1.54, 1.807) is 36.4 Å². The molecule has 5 N–H and O–H groups in total. The van der Waals surface area contributed by atoms with Crippen molar-refractivity contribution in [1.82, 2.24) is 19.5 Å². The van der Waals surface area contributed by atoms with Gasteiger partial charge in [0.15, 0.2) is 11.5 Å². The number of aromatic hydroxyl groups is 1. The number of nitrogen functional groups attached to an aromatic ring is 1. The van der Waals surface area contributed by atoms with Crippen LogP contribution in [0.15, 0.2) is 53.3 Å². The summed E-state index contributed by atoms with van der Waals surface area (Å²) in [7, 11) is 0. The summed E-state index contributed by atoms with van der Waals surface area (Å²) in [5.41, 5.74) is 6.68. The number of nitrogens with one attached hydrogen (secondary N) is 2. The number of para-hydroxylation sites is 1. The molecular weight excluding hydrogens is 368 g/mol. The zero-order chi connectivity index (χ0) is 19.1. The molecule has 0 spiro atoms. The summed E-state index contributed by atoms with van der Waals surface area (Å²) in [6, 6.07) is 13.2. The van der Waals surface area contributed by atoms with E-state index in [2.05, 4.69) is 15.0 Å². The summed E-state index contributed by atoms with van der Waals surface area (Å²) >= 11 is 6.25. The van der Waals surface area contributed by atoms with E-state index >= 15 is 0 Å². The van der Waals surface area contributed by atoms with Gasteiger partial charge in [0.25, 0.3) is 0 Å². The minimum atomic E-state index is -0.483. The van der Waals surface area contributed by atoms with Crippen LogP contribution in [0.3, 0.4) is 0 Å². The number of hydrogen-bond donors (Lipinski definition) is 4. The molecule has 2 aromatic heterocycles. The molecule has 8 nitrogen and oxygen atoms in total. The van der Waals surface area contributed by atoms with E-state index < -0.39 is 5.69 Å². The van der Waals surface area contributed by atoms with E-state index in [1.165, 1.54) is 16.7 Å². The molecule has 0 radical (unpaired) electrons. The van der Waals surface area contributed by atoms with Gasteiger partial charge in [0, 0.05) is 5.56 Å². The molecule has 4 rings (SSSR count). The average molecular weight is 381 g/mol. The third kappa shape index (κ3) is 2.81. The first-order valence-corrected chi connectivity index (χ1v) is 8.25. The molecule has 0 atom stereocenters. The number of rotatable bonds is 3. The zero-order valence-electron chi connectivity index (χ0n) is 13.8. The van der Waals surface area contributed by atoms with Crippen LogP contribution in [0.25, 0.3) is 28.2 Å². The lowest BCUT2D eigenvalue weighted by Crippen LogP contribution is -2.15. The molecular formula is C18H13ClN6O2. The van der Waals surface area contributed by atoms with Gasteiger partial charge in [-0.25, -0.2) is 19.3 Å². The maximum atomic E-state index is 12.6. The van der Waals surface area contributed by atoms with Crippen LogP contribution in [-0.4, -0.2) is 30.5 Å². The highest BCUT2D eigenvalue weighted by atomic mass is 35.5. The predicted molar refractivity (Wildman–Crippen MR) is 103 cm³/mol. The first kappa shape index (κ1) is 16.8. The van der Waals surface area contributed by atoms with Gasteiger partial charge in [-0.15, -0.1) is 0 Å². The number of phenolic OH excluding ortho intramolecular Hbond substituents is 1. The molecule has 2 heterocycles. The maximum absolute atomic E-state index is 12.6. The third-order valence-electron chi connectivity index (χ3n) is 3.99. The number of nitrogens with two attached hydrogens (primary N) is 1. The van der Waals surface area contributed by atoms with Crippen molar-refractivity contribution in [1.29, 1.82) is 5.41 Å². The monoisotopic (exact) mass is 380 g/mol. The summed E-state index contributed by atoms with van der Waals surface area (Å²) in [5.74, 6) is -0.0714. The minimum Gasteiger partial charge on any atom is -0.508 e. The van der Waals surface area contributed by atoms with Crippen LogP contribution >= 0.6 is 11.6 Å². The van der Waals surface area contributed by atoms with Crippen molar-refractivity contribution in [3.05, 3.63) is 69.7 Å². The lowest BCUT2D eigenvalue weighted by atomic mass is 10.2. The van der Waals surface area contributed by atoms with E-state index in [0.717, 1.165) is 0 Å². The molecule has 0 aliphatic rings. The van der Waals surface area contributed by atoms with Gasteiger partial charge in [-0.1, -0.05) is 35.9 Å². The van der Waals surface area contributed by atoms with Crippen molar-refractivity contribution in [2.24, 2.45) is 5.73 Å². The minimum absolute atomic E-state index is 0.0399. The van der Waals surface area contributed by atoms with E-state index in [9.17, 15) is 9.90 Å². The number of hydrogen-bond acceptors (Lipinski definition) is 5. The number of halogens is 1. The topological polar surface area (TPSA) is 134 Å². The third-order valence-corrected chi connectivity index (χ3v) is 4.31. The molecule has 4 aromatic rings. The number of amidine groups is 1. The van der Waals surface area contributed by atoms with Crippen molar-refractivity contribution < 1.29 is 5.11 Å². The average Bonchev–Trinajstić information content (AvgIpc) is 2.97. The van der Waals surface area contributed by atoms with Crippen LogP contribution in [0.4, 0.5) is 0 Å². The molecule has 0 unspecified atom stereocenters. The molecule has 27 heavy (non-hydrogen) atoms. The van der Waals surface area contributed by atoms with Gasteiger partial charge in [-0.2, -0.15) is 0 Å². The Morgan fingerprint density at radius 1 is 1.19 bits per heavy atom. The Morgan fingerprint density at radius 3 is 2.67 bits per heavy atom. The van der Waals surface area contributed by atoms with Gasteiger partial charge in [0.1, 0.15) is 22.8 Å². The molecule has 9 heteroatoms. The van der Waals surface area contributed by atoms with Crippen molar-refractivity contribution in [2.75, 3.05) is 0 Å². The van der Waals surface area contributed by atoms with Gasteiger partial charge < -0.3 is 15.8 Å². The Labute approximate surface area is 157 Å². The van der Waals surface area contributed by atoms with Crippen molar-refractivity contribution in [2.45, 2.75) is 0 Å². The number of imidazole rings is 1. The van der Waals surface area contributed by atoms with Gasteiger partial charge in [-0.3, -0.25) is 5.41 Å². The van der Waals surface area contributed by atoms with Crippen LogP contribution < -0.4 is 11.4 Å². The maximum Gasteiger partial charge on any atom is 0.332 e. The number of nitrogens with zero attached hydrogens (tertiary/aromatic N) is 3. The Balaban J connectivity index is 2.10. The van der Waals surface area contributed by atoms with Crippen molar-refractivity contribution in [3.8, 4) is 22.8 Å². The fraction of sp³-hybridized carbons (Fsp3) is 0. The number of aromatic nitrogens is 4. The summed E-state index contributed by atoms with van der Waals surface area (Å²) in [4.78, 5) is 24.0. The zero-order valence-corrected chi connectivity index (χ0v) is 14.5. The number of H-pyrrole nitrogens is 1. The largest absolute Gasteiger partial charge is 0.508 e. The lowest BCUT2D eigenvalue weighted by molar-refractivity contribution is 0.475. The smallest absolute Gasteiger partial charge is 0.332 e. The second-order valence-electron chi connectivity index (χ2n) is 5.78. The van der Waals surface area contributed by atoms with Crippen molar-refractivity contribution >= 4 is 28.6 Å². The first-order valence-electron chi connectivity index (χ1n) is 7.87. The van der Waals surface area contributed by atoms with Gasteiger partial charge >= 0.3 is 5.69 Å². The number of phenols is 1. The van der Waals surface area contributed by atoms with Gasteiger partial charge in [-0.05, 0) is 24.3 Å². The fourth-order valence-electron chi connectivity index (χ4n) is 2.81. The number of aromatic amines is 1. The van der Waals surface area contributed by atoms with Gasteiger partial charge in [0.2, 0.25) is 0 Å². The summed E-state index contributed by atoms with van der Waals surface area (Å²) < 4.78 is 1.30. The highest BCUT2D eigenvalue weighted by Gasteiger charge is 2.20. The molecule has 0 fully saturated rings. The second kappa shape index (κ2) is 6.26. The molecule has 0 amide bonds. The Morgan fingerprint density at radius 2 is 1.96 bits per heavy atom. The number of fused-ring (bicyclic) bond motifs is 1. The lowest BCUT2D eigenvalue weighted by Gasteiger charge is -2.08. The normalized spacial score (nSPS) is 11.0. The van der Waals surface area contributed by atoms with Crippen LogP contribution in [0.2, 0.25) is 5.02 Å². The standard InChI is InChI=1S/C18H13ClN6O2/c19-11-6-1-2-7-12(11)25-17-14(23-18(25)27)13(15(20)21)22-16(24-17)9-4-3-5-10(26)8-9/h1-8,26H,(H3,20,21)(H,23,27). The predicted octanol–water partition coefficient (Wildman–Crippen LogP) is 2.42. The van der Waals surface area contributed by atoms with E-state index in [0.29, 0.717) is 16.3 Å². The fourth-order valence-corrected chi connectivity index (χ4v) is 3.03. The van der Waals surface area contributed by atoms with Gasteiger partial charge in [0.05, 0.1) is 10.7 Å². The molecule has 0 saturated carbocycles. The molecule has 0 aliphatic heterocycles. The molecule has 0 saturated heterocycles. The van der Waals surface area contributed by atoms with Crippen LogP contribution in [0, 0.1) is 5.41 Å². The molecule has 134 valence electrons. The first-order chi connectivity index (χ1) is 13.0. The van der Waals surface area contributed by atoms with Crippen LogP contribution in [0.5, 0.6) is 5.75 Å². The van der Waals surface area contributed by atoms with Crippen molar-refractivity contribution in [3.63, 3.8) is 0 Å². The second-order valence-corrected chi connectivity index (χ2v) is 6.18. The van der Waals surface area contributed by atoms with E-state index in [1.807, 2.05) is 0 Å². The van der Waals surface area contributed by atoms with Crippen LogP contribution in [-0.2, 0) is 0 Å².